The third-order valence-electron chi connectivity index (χ3n) is 5.64. The lowest BCUT2D eigenvalue weighted by Gasteiger charge is -2.22. The van der Waals surface area contributed by atoms with E-state index in [1.165, 1.54) is 5.56 Å². The Morgan fingerprint density at radius 3 is 2.97 bits per heavy atom. The topological polar surface area (TPSA) is 78.0 Å². The minimum atomic E-state index is 0.417. The van der Waals surface area contributed by atoms with E-state index >= 15 is 0 Å². The van der Waals surface area contributed by atoms with E-state index in [0.29, 0.717) is 6.04 Å². The molecule has 1 N–H and O–H groups in total. The zero-order chi connectivity index (χ0) is 19.2. The normalized spacial score (nSPS) is 15.6. The molecule has 146 valence electrons. The average Bonchev–Trinajstić information content (AvgIpc) is 3.42. The molecule has 0 aliphatic carbocycles. The standard InChI is InChI=1S/C21H21N7O/c1-4-20-22-7-8-26(20)12-15(1)13-28-21-19(25-28)3-2-18(24-21)16-11-23-27(14-16)17-5-9-29-10-6-17/h1-4,7-8,11-12,14,17,25H,5-6,9-10,13H2. The number of H-pyrrole nitrogens is 1. The van der Waals surface area contributed by atoms with E-state index in [1.54, 1.807) is 0 Å². The third-order valence-corrected chi connectivity index (χ3v) is 5.64. The molecule has 29 heavy (non-hydrogen) atoms. The van der Waals surface area contributed by atoms with Gasteiger partial charge < -0.3 is 9.14 Å². The Bertz CT molecular complexity index is 1280. The first-order chi connectivity index (χ1) is 14.3. The maximum Gasteiger partial charge on any atom is 0.173 e. The van der Waals surface area contributed by atoms with Crippen molar-refractivity contribution in [3.05, 3.63) is 60.8 Å². The number of hydrogen-bond donors (Lipinski definition) is 1. The van der Waals surface area contributed by atoms with Crippen molar-refractivity contribution in [3.8, 4) is 11.3 Å². The minimum absolute atomic E-state index is 0.417. The minimum Gasteiger partial charge on any atom is -0.381 e. The molecule has 1 aliphatic heterocycles. The van der Waals surface area contributed by atoms with Crippen LogP contribution in [0.3, 0.4) is 0 Å². The summed E-state index contributed by atoms with van der Waals surface area (Å²) >= 11 is 0. The largest absolute Gasteiger partial charge is 0.381 e. The molecule has 0 amide bonds. The molecular formula is C21H21N7O. The van der Waals surface area contributed by atoms with Gasteiger partial charge in [-0.25, -0.2) is 9.97 Å². The third kappa shape index (κ3) is 2.92. The van der Waals surface area contributed by atoms with Crippen LogP contribution in [0.2, 0.25) is 0 Å². The molecule has 6 rings (SSSR count). The van der Waals surface area contributed by atoms with Gasteiger partial charge in [-0.3, -0.25) is 14.5 Å². The van der Waals surface area contributed by atoms with Crippen LogP contribution >= 0.6 is 0 Å². The number of hydrogen-bond acceptors (Lipinski definition) is 4. The van der Waals surface area contributed by atoms with Crippen LogP contribution in [-0.2, 0) is 11.3 Å². The van der Waals surface area contributed by atoms with E-state index in [1.807, 2.05) is 35.1 Å². The SMILES string of the molecule is c1cn2cc(Cn3[nH]c4ccc(-c5cnn(C6CCOCC6)c5)nc43)ccc2n1. The van der Waals surface area contributed by atoms with Crippen molar-refractivity contribution >= 4 is 16.8 Å². The molecule has 0 spiro atoms. The quantitative estimate of drug-likeness (QED) is 0.513. The Labute approximate surface area is 166 Å². The van der Waals surface area contributed by atoms with Crippen LogP contribution in [0.4, 0.5) is 0 Å². The van der Waals surface area contributed by atoms with Gasteiger partial charge >= 0.3 is 0 Å². The Kier molecular flexibility index (Phi) is 3.76. The van der Waals surface area contributed by atoms with Crippen LogP contribution in [0.1, 0.15) is 24.4 Å². The number of aromatic amines is 1. The maximum absolute atomic E-state index is 5.46. The summed E-state index contributed by atoms with van der Waals surface area (Å²) in [5.74, 6) is 0. The fourth-order valence-corrected chi connectivity index (χ4v) is 4.02. The van der Waals surface area contributed by atoms with Crippen LogP contribution in [0, 0.1) is 0 Å². The first-order valence-corrected chi connectivity index (χ1v) is 9.93. The van der Waals surface area contributed by atoms with Gasteiger partial charge in [0.2, 0.25) is 0 Å². The molecule has 0 unspecified atom stereocenters. The molecule has 0 saturated carbocycles. The number of pyridine rings is 2. The highest BCUT2D eigenvalue weighted by Gasteiger charge is 2.17. The van der Waals surface area contributed by atoms with Gasteiger partial charge in [0.1, 0.15) is 5.65 Å². The van der Waals surface area contributed by atoms with Crippen LogP contribution in [0.25, 0.3) is 28.1 Å². The van der Waals surface area contributed by atoms with Crippen molar-refractivity contribution in [2.75, 3.05) is 13.2 Å². The first kappa shape index (κ1) is 16.6. The number of nitrogens with zero attached hydrogens (tertiary/aromatic N) is 6. The molecular weight excluding hydrogens is 366 g/mol. The van der Waals surface area contributed by atoms with Crippen molar-refractivity contribution in [2.24, 2.45) is 0 Å². The highest BCUT2D eigenvalue weighted by molar-refractivity contribution is 5.76. The molecule has 8 heteroatoms. The number of fused-ring (bicyclic) bond motifs is 2. The second-order valence-corrected chi connectivity index (χ2v) is 7.55. The average molecular weight is 387 g/mol. The molecule has 6 heterocycles. The maximum atomic E-state index is 5.46. The van der Waals surface area contributed by atoms with Crippen LogP contribution in [0.5, 0.6) is 0 Å². The summed E-state index contributed by atoms with van der Waals surface area (Å²) in [6.45, 7) is 2.35. The lowest BCUT2D eigenvalue weighted by atomic mass is 10.1. The molecule has 1 fully saturated rings. The summed E-state index contributed by atoms with van der Waals surface area (Å²) in [6.07, 6.45) is 11.9. The van der Waals surface area contributed by atoms with Crippen molar-refractivity contribution in [3.63, 3.8) is 0 Å². The fourth-order valence-electron chi connectivity index (χ4n) is 4.02. The molecule has 1 aliphatic rings. The number of nitrogens with one attached hydrogen (secondary N) is 1. The molecule has 0 radical (unpaired) electrons. The first-order valence-electron chi connectivity index (χ1n) is 9.93. The Morgan fingerprint density at radius 2 is 2.03 bits per heavy atom. The Morgan fingerprint density at radius 1 is 1.10 bits per heavy atom. The van der Waals surface area contributed by atoms with E-state index in [0.717, 1.165) is 60.7 Å². The highest BCUT2D eigenvalue weighted by atomic mass is 16.5. The van der Waals surface area contributed by atoms with E-state index < -0.39 is 0 Å². The molecule has 5 aromatic heterocycles. The zero-order valence-corrected chi connectivity index (χ0v) is 15.9. The monoisotopic (exact) mass is 387 g/mol. The zero-order valence-electron chi connectivity index (χ0n) is 15.9. The number of rotatable bonds is 4. The van der Waals surface area contributed by atoms with Crippen molar-refractivity contribution in [1.29, 1.82) is 0 Å². The van der Waals surface area contributed by atoms with Gasteiger partial charge in [0.05, 0.1) is 30.0 Å². The smallest absolute Gasteiger partial charge is 0.173 e. The van der Waals surface area contributed by atoms with Gasteiger partial charge in [0.15, 0.2) is 5.65 Å². The molecule has 0 atom stereocenters. The van der Waals surface area contributed by atoms with E-state index in [4.69, 9.17) is 9.72 Å². The van der Waals surface area contributed by atoms with Gasteiger partial charge in [-0.15, -0.1) is 0 Å². The lowest BCUT2D eigenvalue weighted by Crippen LogP contribution is -2.19. The molecule has 1 saturated heterocycles. The predicted molar refractivity (Wildman–Crippen MR) is 109 cm³/mol. The van der Waals surface area contributed by atoms with Gasteiger partial charge in [-0.2, -0.15) is 5.10 Å². The summed E-state index contributed by atoms with van der Waals surface area (Å²) < 4.78 is 11.6. The van der Waals surface area contributed by atoms with Crippen LogP contribution in [0.15, 0.2) is 55.2 Å². The summed E-state index contributed by atoms with van der Waals surface area (Å²) in [5.41, 5.74) is 6.15. The molecule has 0 aromatic carbocycles. The summed E-state index contributed by atoms with van der Waals surface area (Å²) in [4.78, 5) is 9.18. The van der Waals surface area contributed by atoms with Crippen LogP contribution < -0.4 is 0 Å². The fraction of sp³-hybridized carbons (Fsp3) is 0.286. The van der Waals surface area contributed by atoms with Gasteiger partial charge in [-0.05, 0) is 36.6 Å². The molecule has 5 aromatic rings. The second kappa shape index (κ2) is 6.59. The summed E-state index contributed by atoms with van der Waals surface area (Å²) in [6, 6.07) is 8.68. The van der Waals surface area contributed by atoms with E-state index in [-0.39, 0.29) is 0 Å². The second-order valence-electron chi connectivity index (χ2n) is 7.55. The predicted octanol–water partition coefficient (Wildman–Crippen LogP) is 3.28. The summed E-state index contributed by atoms with van der Waals surface area (Å²) in [7, 11) is 0. The lowest BCUT2D eigenvalue weighted by molar-refractivity contribution is 0.0662. The van der Waals surface area contributed by atoms with Crippen molar-refractivity contribution < 1.29 is 4.74 Å². The van der Waals surface area contributed by atoms with Gasteiger partial charge in [-0.1, -0.05) is 6.07 Å². The van der Waals surface area contributed by atoms with Crippen LogP contribution in [-0.4, -0.2) is 47.1 Å². The Balaban J connectivity index is 1.27. The highest BCUT2D eigenvalue weighted by Crippen LogP contribution is 2.25. The van der Waals surface area contributed by atoms with E-state index in [9.17, 15) is 0 Å². The molecule has 8 nitrogen and oxygen atoms in total. The number of imidazole rings is 1. The number of ether oxygens (including phenoxy) is 1. The molecule has 0 bridgehead atoms. The van der Waals surface area contributed by atoms with Gasteiger partial charge in [0, 0.05) is 43.6 Å². The van der Waals surface area contributed by atoms with Gasteiger partial charge in [0.25, 0.3) is 0 Å². The van der Waals surface area contributed by atoms with Crippen molar-refractivity contribution in [2.45, 2.75) is 25.4 Å². The Hall–Kier alpha value is -3.39. The van der Waals surface area contributed by atoms with Crippen molar-refractivity contribution in [1.82, 2.24) is 33.9 Å². The van der Waals surface area contributed by atoms with E-state index in [2.05, 4.69) is 49.1 Å². The summed E-state index contributed by atoms with van der Waals surface area (Å²) in [5, 5.41) is 7.94. The number of aromatic nitrogens is 7.